The third kappa shape index (κ3) is 2.42. The van der Waals surface area contributed by atoms with E-state index >= 15 is 0 Å². The Labute approximate surface area is 93.2 Å². The zero-order chi connectivity index (χ0) is 12.5. The predicted octanol–water partition coefficient (Wildman–Crippen LogP) is 1.96. The minimum Gasteiger partial charge on any atom is -0.454 e. The lowest BCUT2D eigenvalue weighted by Crippen LogP contribution is -2.27. The quantitative estimate of drug-likeness (QED) is 0.822. The molecule has 0 spiro atoms. The molecule has 1 N–H and O–H groups in total. The zero-order valence-corrected chi connectivity index (χ0v) is 9.04. The van der Waals surface area contributed by atoms with Crippen molar-refractivity contribution in [2.24, 2.45) is 0 Å². The molecule has 0 fully saturated rings. The molecular formula is C12H17NO2. The van der Waals surface area contributed by atoms with Gasteiger partial charge < -0.3 is 14.8 Å². The number of benzene rings is 1. The van der Waals surface area contributed by atoms with Crippen molar-refractivity contribution in [1.29, 1.82) is 0 Å². The molecule has 15 heavy (non-hydrogen) atoms. The van der Waals surface area contributed by atoms with Crippen LogP contribution in [-0.4, -0.2) is 19.3 Å². The topological polar surface area (TPSA) is 30.5 Å². The summed E-state index contributed by atoms with van der Waals surface area (Å²) in [5.41, 5.74) is 1.11. The van der Waals surface area contributed by atoms with Crippen LogP contribution in [0, 0.1) is 0 Å². The largest absolute Gasteiger partial charge is 0.454 e. The Morgan fingerprint density at radius 1 is 1.47 bits per heavy atom. The summed E-state index contributed by atoms with van der Waals surface area (Å²) in [5, 5.41) is 3.33. The Balaban J connectivity index is 2.08. The van der Waals surface area contributed by atoms with Crippen LogP contribution < -0.4 is 14.8 Å². The molecule has 3 heteroatoms. The molecule has 0 amide bonds. The minimum absolute atomic E-state index is 0.386. The van der Waals surface area contributed by atoms with E-state index in [0.29, 0.717) is 17.5 Å². The van der Waals surface area contributed by atoms with Crippen LogP contribution in [0.2, 0.25) is 0 Å². The van der Waals surface area contributed by atoms with Crippen molar-refractivity contribution in [2.75, 3.05) is 13.3 Å². The van der Waals surface area contributed by atoms with Crippen molar-refractivity contribution in [1.82, 2.24) is 5.32 Å². The van der Waals surface area contributed by atoms with Crippen molar-refractivity contribution < 1.29 is 12.2 Å². The fourth-order valence-electron chi connectivity index (χ4n) is 1.73. The van der Waals surface area contributed by atoms with Crippen LogP contribution >= 0.6 is 0 Å². The summed E-state index contributed by atoms with van der Waals surface area (Å²) in [7, 11) is 0. The summed E-state index contributed by atoms with van der Waals surface area (Å²) < 4.78 is 24.8. The van der Waals surface area contributed by atoms with E-state index in [1.165, 1.54) is 0 Å². The first-order chi connectivity index (χ1) is 8.00. The van der Waals surface area contributed by atoms with Crippen molar-refractivity contribution in [3.8, 4) is 11.5 Å². The summed E-state index contributed by atoms with van der Waals surface area (Å²) in [6.45, 7) is 3.10. The van der Waals surface area contributed by atoms with Gasteiger partial charge in [0.1, 0.15) is 2.74 Å². The number of hydrogen-bond donors (Lipinski definition) is 1. The first-order valence-corrected chi connectivity index (χ1v) is 5.24. The average Bonchev–Trinajstić information content (AvgIpc) is 2.51. The molecule has 0 aromatic heterocycles. The van der Waals surface area contributed by atoms with E-state index in [0.717, 1.165) is 18.5 Å². The summed E-state index contributed by atoms with van der Waals surface area (Å²) in [4.78, 5) is 0. The molecule has 82 valence electrons. The van der Waals surface area contributed by atoms with Crippen LogP contribution in [0.15, 0.2) is 18.2 Å². The van der Waals surface area contributed by atoms with Gasteiger partial charge in [-0.3, -0.25) is 0 Å². The van der Waals surface area contributed by atoms with Gasteiger partial charge in [0.25, 0.3) is 0 Å². The molecular weight excluding hydrogens is 190 g/mol. The van der Waals surface area contributed by atoms with Crippen LogP contribution in [0.1, 0.15) is 22.2 Å². The predicted molar refractivity (Wildman–Crippen MR) is 59.4 cm³/mol. The molecule has 0 saturated carbocycles. The van der Waals surface area contributed by atoms with E-state index in [4.69, 9.17) is 12.2 Å². The van der Waals surface area contributed by atoms with Crippen molar-refractivity contribution in [2.45, 2.75) is 26.3 Å². The second-order valence-corrected chi connectivity index (χ2v) is 3.73. The molecule has 1 aliphatic heterocycles. The number of ether oxygens (including phenoxy) is 2. The van der Waals surface area contributed by atoms with Gasteiger partial charge in [-0.15, -0.1) is 0 Å². The van der Waals surface area contributed by atoms with Gasteiger partial charge >= 0.3 is 0 Å². The van der Waals surface area contributed by atoms with Gasteiger partial charge in [0, 0.05) is 6.04 Å². The Morgan fingerprint density at radius 3 is 3.07 bits per heavy atom. The molecule has 1 atom stereocenters. The number of hydrogen-bond acceptors (Lipinski definition) is 3. The standard InChI is InChI=1S/C12H17NO2/c1-3-13-9(2)6-10-4-5-11-12(7-10)15-8-14-11/h4-5,7,9,13H,3,6,8H2,1-2H3/i8D2. The molecule has 1 aromatic carbocycles. The third-order valence-corrected chi connectivity index (χ3v) is 2.41. The van der Waals surface area contributed by atoms with Crippen molar-refractivity contribution >= 4 is 0 Å². The maximum atomic E-state index is 7.36. The van der Waals surface area contributed by atoms with E-state index in [2.05, 4.69) is 19.2 Å². The Hall–Kier alpha value is -1.22. The molecule has 3 nitrogen and oxygen atoms in total. The van der Waals surface area contributed by atoms with Gasteiger partial charge in [0.15, 0.2) is 11.5 Å². The number of nitrogens with one attached hydrogen (secondary N) is 1. The van der Waals surface area contributed by atoms with E-state index in [-0.39, 0.29) is 0 Å². The molecule has 1 heterocycles. The van der Waals surface area contributed by atoms with Gasteiger partial charge in [-0.2, -0.15) is 0 Å². The molecule has 0 bridgehead atoms. The Morgan fingerprint density at radius 2 is 2.27 bits per heavy atom. The van der Waals surface area contributed by atoms with E-state index in [1.54, 1.807) is 6.07 Å². The van der Waals surface area contributed by atoms with Gasteiger partial charge in [0.2, 0.25) is 6.75 Å². The number of fused-ring (bicyclic) bond motifs is 1. The lowest BCUT2D eigenvalue weighted by atomic mass is 10.1. The van der Waals surface area contributed by atoms with E-state index < -0.39 is 6.75 Å². The van der Waals surface area contributed by atoms with Crippen molar-refractivity contribution in [3.05, 3.63) is 23.8 Å². The van der Waals surface area contributed by atoms with Gasteiger partial charge in [0.05, 0.1) is 0 Å². The highest BCUT2D eigenvalue weighted by Crippen LogP contribution is 2.32. The van der Waals surface area contributed by atoms with Gasteiger partial charge in [-0.05, 0) is 37.6 Å². The highest BCUT2D eigenvalue weighted by molar-refractivity contribution is 5.44. The maximum absolute atomic E-state index is 7.36. The molecule has 2 rings (SSSR count). The molecule has 1 aromatic rings. The zero-order valence-electron chi connectivity index (χ0n) is 11.0. The fourth-order valence-corrected chi connectivity index (χ4v) is 1.73. The highest BCUT2D eigenvalue weighted by atomic mass is 16.7. The monoisotopic (exact) mass is 209 g/mol. The second kappa shape index (κ2) is 4.53. The van der Waals surface area contributed by atoms with E-state index in [1.807, 2.05) is 12.1 Å². The van der Waals surface area contributed by atoms with Crippen LogP contribution in [0.5, 0.6) is 11.5 Å². The van der Waals surface area contributed by atoms with Crippen LogP contribution in [0.4, 0.5) is 0 Å². The molecule has 0 radical (unpaired) electrons. The Bertz CT molecular complexity index is 409. The second-order valence-electron chi connectivity index (χ2n) is 3.73. The van der Waals surface area contributed by atoms with Crippen LogP contribution in [0.25, 0.3) is 0 Å². The third-order valence-electron chi connectivity index (χ3n) is 2.41. The molecule has 1 aliphatic rings. The lowest BCUT2D eigenvalue weighted by molar-refractivity contribution is 0.174. The van der Waals surface area contributed by atoms with Crippen LogP contribution in [0.3, 0.4) is 0 Å². The first kappa shape index (κ1) is 7.99. The highest BCUT2D eigenvalue weighted by Gasteiger charge is 2.13. The summed E-state index contributed by atoms with van der Waals surface area (Å²) in [6, 6.07) is 5.93. The minimum atomic E-state index is -2.03. The first-order valence-electron chi connectivity index (χ1n) is 6.24. The molecule has 1 unspecified atom stereocenters. The number of rotatable bonds is 4. The number of likely N-dealkylation sites (N-methyl/N-ethyl adjacent to an activating group) is 1. The lowest BCUT2D eigenvalue weighted by Gasteiger charge is -2.12. The SMILES string of the molecule is [2H]C1([2H])Oc2ccc(CC(C)NCC)cc2O1. The van der Waals surface area contributed by atoms with E-state index in [9.17, 15) is 0 Å². The Kier molecular flexibility index (Phi) is 2.42. The maximum Gasteiger partial charge on any atom is 0.231 e. The summed E-state index contributed by atoms with van der Waals surface area (Å²) in [6.07, 6.45) is 0.882. The van der Waals surface area contributed by atoms with Crippen molar-refractivity contribution in [3.63, 3.8) is 0 Å². The van der Waals surface area contributed by atoms with Gasteiger partial charge in [-0.1, -0.05) is 13.0 Å². The summed E-state index contributed by atoms with van der Waals surface area (Å²) in [5.74, 6) is 0.950. The fraction of sp³-hybridized carbons (Fsp3) is 0.500. The van der Waals surface area contributed by atoms with Gasteiger partial charge in [-0.25, -0.2) is 0 Å². The molecule has 0 aliphatic carbocycles. The normalized spacial score (nSPS) is 20.7. The summed E-state index contributed by atoms with van der Waals surface area (Å²) >= 11 is 0. The molecule has 0 saturated heterocycles. The average molecular weight is 209 g/mol. The van der Waals surface area contributed by atoms with Crippen LogP contribution in [-0.2, 0) is 6.42 Å². The smallest absolute Gasteiger partial charge is 0.231 e.